The fourth-order valence-electron chi connectivity index (χ4n) is 3.79. The first kappa shape index (κ1) is 13.3. The summed E-state index contributed by atoms with van der Waals surface area (Å²) < 4.78 is 13.7. The highest BCUT2D eigenvalue weighted by molar-refractivity contribution is 5.64. The van der Waals surface area contributed by atoms with Crippen LogP contribution in [-0.2, 0) is 0 Å². The molecule has 1 heterocycles. The maximum Gasteiger partial charge on any atom is 0.327 e. The van der Waals surface area contributed by atoms with Crippen LogP contribution in [-0.4, -0.2) is 18.0 Å². The molecule has 0 amide bonds. The second kappa shape index (κ2) is 5.04. The molecule has 1 saturated heterocycles. The maximum atomic E-state index is 13.7. The van der Waals surface area contributed by atoms with Crippen molar-refractivity contribution in [1.82, 2.24) is 0 Å². The van der Waals surface area contributed by atoms with Crippen molar-refractivity contribution in [3.63, 3.8) is 0 Å². The second-order valence-corrected chi connectivity index (χ2v) is 6.06. The molecule has 0 N–H and O–H groups in total. The number of piperidine rings is 1. The molecule has 108 valence electrons. The number of benzene rings is 1. The number of halogens is 1. The summed E-state index contributed by atoms with van der Waals surface area (Å²) in [6.07, 6.45) is 7.32. The van der Waals surface area contributed by atoms with Crippen LogP contribution in [0.5, 0.6) is 0 Å². The molecule has 1 aromatic carbocycles. The molecule has 0 unspecified atom stereocenters. The monoisotopic (exact) mass is 278 g/mol. The number of nitro groups is 1. The average molecular weight is 278 g/mol. The smallest absolute Gasteiger partial charge is 0.327 e. The van der Waals surface area contributed by atoms with Gasteiger partial charge in [0.25, 0.3) is 0 Å². The zero-order chi connectivity index (χ0) is 14.2. The molecule has 4 nitrogen and oxygen atoms in total. The van der Waals surface area contributed by atoms with E-state index in [1.807, 2.05) is 4.90 Å². The minimum absolute atomic E-state index is 0.380. The van der Waals surface area contributed by atoms with E-state index in [0.717, 1.165) is 32.0 Å². The van der Waals surface area contributed by atoms with Gasteiger partial charge in [0.15, 0.2) is 0 Å². The first-order chi connectivity index (χ1) is 9.61. The standard InChI is InChI=1S/C15H19FN2O2/c16-12-4-3-5-13(14(12)18(19)20)17-10-8-15(9-11-17)6-1-2-7-15/h3-5H,1-2,6-11H2. The van der Waals surface area contributed by atoms with Gasteiger partial charge < -0.3 is 4.90 Å². The summed E-state index contributed by atoms with van der Waals surface area (Å²) in [7, 11) is 0. The molecular weight excluding hydrogens is 259 g/mol. The van der Waals surface area contributed by atoms with Gasteiger partial charge in [-0.25, -0.2) is 0 Å². The van der Waals surface area contributed by atoms with E-state index in [0.29, 0.717) is 11.1 Å². The molecular formula is C15H19FN2O2. The van der Waals surface area contributed by atoms with E-state index < -0.39 is 10.7 Å². The van der Waals surface area contributed by atoms with Crippen molar-refractivity contribution in [2.45, 2.75) is 38.5 Å². The average Bonchev–Trinajstić information content (AvgIpc) is 2.87. The fraction of sp³-hybridized carbons (Fsp3) is 0.600. The third kappa shape index (κ3) is 2.25. The zero-order valence-electron chi connectivity index (χ0n) is 11.5. The number of para-hydroxylation sites is 1. The Labute approximate surface area is 117 Å². The van der Waals surface area contributed by atoms with Gasteiger partial charge in [-0.15, -0.1) is 0 Å². The van der Waals surface area contributed by atoms with Gasteiger partial charge in [-0.2, -0.15) is 4.39 Å². The molecule has 0 bridgehead atoms. The van der Waals surface area contributed by atoms with E-state index in [9.17, 15) is 14.5 Å². The SMILES string of the molecule is O=[N+]([O-])c1c(F)cccc1N1CCC2(CCCC2)CC1. The summed E-state index contributed by atoms with van der Waals surface area (Å²) in [4.78, 5) is 12.4. The predicted octanol–water partition coefficient (Wildman–Crippen LogP) is 3.89. The number of hydrogen-bond acceptors (Lipinski definition) is 3. The normalized spacial score (nSPS) is 21.4. The number of nitro benzene ring substituents is 1. The third-order valence-electron chi connectivity index (χ3n) is 4.98. The molecule has 0 radical (unpaired) electrons. The summed E-state index contributed by atoms with van der Waals surface area (Å²) in [6, 6.07) is 4.37. The van der Waals surface area contributed by atoms with Gasteiger partial charge in [-0.05, 0) is 43.2 Å². The molecule has 1 aliphatic heterocycles. The lowest BCUT2D eigenvalue weighted by atomic mass is 9.77. The molecule has 1 saturated carbocycles. The molecule has 1 spiro atoms. The second-order valence-electron chi connectivity index (χ2n) is 6.06. The Hall–Kier alpha value is -1.65. The first-order valence-corrected chi connectivity index (χ1v) is 7.29. The molecule has 5 heteroatoms. The molecule has 0 aromatic heterocycles. The zero-order valence-corrected chi connectivity index (χ0v) is 11.5. The fourth-order valence-corrected chi connectivity index (χ4v) is 3.79. The van der Waals surface area contributed by atoms with Crippen molar-refractivity contribution in [3.05, 3.63) is 34.1 Å². The van der Waals surface area contributed by atoms with E-state index >= 15 is 0 Å². The highest BCUT2D eigenvalue weighted by Crippen LogP contribution is 2.47. The van der Waals surface area contributed by atoms with E-state index in [2.05, 4.69) is 0 Å². The summed E-state index contributed by atoms with van der Waals surface area (Å²) >= 11 is 0. The van der Waals surface area contributed by atoms with Crippen molar-refractivity contribution in [2.75, 3.05) is 18.0 Å². The lowest BCUT2D eigenvalue weighted by molar-refractivity contribution is -0.386. The van der Waals surface area contributed by atoms with Gasteiger partial charge in [0.1, 0.15) is 5.69 Å². The van der Waals surface area contributed by atoms with Crippen LogP contribution in [0.2, 0.25) is 0 Å². The van der Waals surface area contributed by atoms with Crippen LogP contribution in [0.25, 0.3) is 0 Å². The lowest BCUT2D eigenvalue weighted by Crippen LogP contribution is -2.39. The summed E-state index contributed by atoms with van der Waals surface area (Å²) in [5.74, 6) is -0.742. The summed E-state index contributed by atoms with van der Waals surface area (Å²) in [6.45, 7) is 1.59. The number of hydrogen-bond donors (Lipinski definition) is 0. The van der Waals surface area contributed by atoms with E-state index in [1.165, 1.54) is 25.7 Å². The third-order valence-corrected chi connectivity index (χ3v) is 4.98. The van der Waals surface area contributed by atoms with Crippen LogP contribution in [0.4, 0.5) is 15.8 Å². The topological polar surface area (TPSA) is 46.4 Å². The van der Waals surface area contributed by atoms with Gasteiger partial charge in [-0.3, -0.25) is 10.1 Å². The molecule has 20 heavy (non-hydrogen) atoms. The Morgan fingerprint density at radius 1 is 1.15 bits per heavy atom. The lowest BCUT2D eigenvalue weighted by Gasteiger charge is -2.40. The number of anilines is 1. The maximum absolute atomic E-state index is 13.7. The Morgan fingerprint density at radius 2 is 1.80 bits per heavy atom. The van der Waals surface area contributed by atoms with Gasteiger partial charge in [0.05, 0.1) is 4.92 Å². The Bertz CT molecular complexity index is 517. The van der Waals surface area contributed by atoms with Crippen LogP contribution >= 0.6 is 0 Å². The predicted molar refractivity (Wildman–Crippen MR) is 75.4 cm³/mol. The van der Waals surface area contributed by atoms with E-state index in [-0.39, 0.29) is 5.69 Å². The van der Waals surface area contributed by atoms with E-state index in [4.69, 9.17) is 0 Å². The van der Waals surface area contributed by atoms with Gasteiger partial charge in [-0.1, -0.05) is 18.9 Å². The molecule has 3 rings (SSSR count). The van der Waals surface area contributed by atoms with Crippen molar-refractivity contribution >= 4 is 11.4 Å². The molecule has 2 fully saturated rings. The summed E-state index contributed by atoms with van der Waals surface area (Å²) in [5, 5.41) is 11.1. The van der Waals surface area contributed by atoms with Crippen LogP contribution in [0.1, 0.15) is 38.5 Å². The van der Waals surface area contributed by atoms with Crippen LogP contribution in [0, 0.1) is 21.3 Å². The highest BCUT2D eigenvalue weighted by atomic mass is 19.1. The van der Waals surface area contributed by atoms with Crippen molar-refractivity contribution in [1.29, 1.82) is 0 Å². The van der Waals surface area contributed by atoms with Crippen molar-refractivity contribution in [3.8, 4) is 0 Å². The van der Waals surface area contributed by atoms with Crippen LogP contribution in [0.15, 0.2) is 18.2 Å². The first-order valence-electron chi connectivity index (χ1n) is 7.29. The van der Waals surface area contributed by atoms with Gasteiger partial charge in [0, 0.05) is 13.1 Å². The Balaban J connectivity index is 1.81. The van der Waals surface area contributed by atoms with E-state index in [1.54, 1.807) is 12.1 Å². The van der Waals surface area contributed by atoms with Crippen LogP contribution < -0.4 is 4.90 Å². The Kier molecular flexibility index (Phi) is 3.36. The number of nitrogens with zero attached hydrogens (tertiary/aromatic N) is 2. The van der Waals surface area contributed by atoms with Gasteiger partial charge >= 0.3 is 5.69 Å². The van der Waals surface area contributed by atoms with Crippen LogP contribution in [0.3, 0.4) is 0 Å². The Morgan fingerprint density at radius 3 is 2.40 bits per heavy atom. The number of rotatable bonds is 2. The molecule has 1 aliphatic carbocycles. The van der Waals surface area contributed by atoms with Crippen molar-refractivity contribution < 1.29 is 9.31 Å². The van der Waals surface area contributed by atoms with Crippen molar-refractivity contribution in [2.24, 2.45) is 5.41 Å². The molecule has 0 atom stereocenters. The summed E-state index contributed by atoms with van der Waals surface area (Å²) in [5.41, 5.74) is 0.510. The molecule has 1 aromatic rings. The highest BCUT2D eigenvalue weighted by Gasteiger charge is 2.38. The quantitative estimate of drug-likeness (QED) is 0.609. The minimum atomic E-state index is -0.742. The van der Waals surface area contributed by atoms with Gasteiger partial charge in [0.2, 0.25) is 5.82 Å². The largest absolute Gasteiger partial charge is 0.366 e. The molecule has 2 aliphatic rings. The minimum Gasteiger partial charge on any atom is -0.366 e.